The maximum absolute atomic E-state index is 15.3. The van der Waals surface area contributed by atoms with Crippen LogP contribution in [-0.2, 0) is 26.7 Å². The number of ether oxygens (including phenoxy) is 2. The van der Waals surface area contributed by atoms with Gasteiger partial charge in [-0.05, 0) is 41.5 Å². The molecule has 0 aliphatic rings. The van der Waals surface area contributed by atoms with Crippen molar-refractivity contribution in [1.82, 2.24) is 9.71 Å². The van der Waals surface area contributed by atoms with E-state index in [0.29, 0.717) is 10.9 Å². The Balaban J connectivity index is 1.65. The molecule has 0 saturated heterocycles. The molecule has 2 heterocycles. The van der Waals surface area contributed by atoms with Crippen LogP contribution in [0.1, 0.15) is 16.7 Å². The first-order valence-corrected chi connectivity index (χ1v) is 13.8. The average molecular weight is 610 g/mol. The van der Waals surface area contributed by atoms with Gasteiger partial charge in [0.25, 0.3) is 16.1 Å². The summed E-state index contributed by atoms with van der Waals surface area (Å²) in [5.41, 5.74) is 0.0308. The number of anilines is 1. The van der Waals surface area contributed by atoms with Gasteiger partial charge in [0.1, 0.15) is 11.3 Å². The molecule has 38 heavy (non-hydrogen) atoms. The monoisotopic (exact) mass is 609 g/mol. The smallest absolute Gasteiger partial charge is 0.340 e. The minimum Gasteiger partial charge on any atom is -0.436 e. The van der Waals surface area contributed by atoms with Crippen molar-refractivity contribution in [2.45, 2.75) is 11.8 Å². The maximum atomic E-state index is 15.3. The number of alkyl halides is 1. The second-order valence-electron chi connectivity index (χ2n) is 7.98. The lowest BCUT2D eigenvalue weighted by molar-refractivity contribution is 0.204. The van der Waals surface area contributed by atoms with E-state index in [-0.39, 0.29) is 58.9 Å². The highest BCUT2D eigenvalue weighted by atomic mass is 79.9. The van der Waals surface area contributed by atoms with E-state index >= 15 is 4.39 Å². The molecule has 0 aliphatic carbocycles. The largest absolute Gasteiger partial charge is 0.436 e. The number of benzene rings is 2. The summed E-state index contributed by atoms with van der Waals surface area (Å²) in [6, 6.07) is 11.5. The fourth-order valence-electron chi connectivity index (χ4n) is 3.68. The summed E-state index contributed by atoms with van der Waals surface area (Å²) in [4.78, 5) is 16.8. The third-order valence-corrected chi connectivity index (χ3v) is 7.09. The Labute approximate surface area is 225 Å². The van der Waals surface area contributed by atoms with Gasteiger partial charge in [0, 0.05) is 48.6 Å². The molecule has 9 nitrogen and oxygen atoms in total. The predicted molar refractivity (Wildman–Crippen MR) is 141 cm³/mol. The summed E-state index contributed by atoms with van der Waals surface area (Å²) in [7, 11) is -2.62. The molecule has 200 valence electrons. The molecule has 4 aromatic rings. The van der Waals surface area contributed by atoms with Gasteiger partial charge < -0.3 is 13.9 Å². The van der Waals surface area contributed by atoms with Crippen LogP contribution in [0.4, 0.5) is 14.5 Å². The van der Waals surface area contributed by atoms with Gasteiger partial charge in [-0.15, -0.1) is 0 Å². The second-order valence-corrected chi connectivity index (χ2v) is 10.0. The summed E-state index contributed by atoms with van der Waals surface area (Å²) in [5.74, 6) is -1.50. The van der Waals surface area contributed by atoms with Gasteiger partial charge in [0.15, 0.2) is 11.6 Å². The van der Waals surface area contributed by atoms with Crippen molar-refractivity contribution in [3.05, 3.63) is 93.5 Å². The average Bonchev–Trinajstić information content (AvgIpc) is 2.88. The zero-order chi connectivity index (χ0) is 27.3. The van der Waals surface area contributed by atoms with Gasteiger partial charge in [0.2, 0.25) is 0 Å². The van der Waals surface area contributed by atoms with Gasteiger partial charge in [-0.25, -0.2) is 18.6 Å². The Kier molecular flexibility index (Phi) is 8.72. The number of hydrogen-bond acceptors (Lipinski definition) is 7. The molecule has 2 N–H and O–H groups in total. The highest BCUT2D eigenvalue weighted by molar-refractivity contribution is 9.08. The van der Waals surface area contributed by atoms with E-state index in [2.05, 4.69) is 30.4 Å². The van der Waals surface area contributed by atoms with Crippen LogP contribution in [0.3, 0.4) is 0 Å². The summed E-state index contributed by atoms with van der Waals surface area (Å²) >= 11 is 3.39. The van der Waals surface area contributed by atoms with Crippen molar-refractivity contribution in [2.24, 2.45) is 0 Å². The second kappa shape index (κ2) is 12.0. The Hall–Kier alpha value is -3.39. The van der Waals surface area contributed by atoms with E-state index in [9.17, 15) is 17.6 Å². The van der Waals surface area contributed by atoms with E-state index in [1.165, 1.54) is 49.7 Å². The number of nitrogens with zero attached hydrogens (tertiary/aromatic N) is 1. The van der Waals surface area contributed by atoms with Gasteiger partial charge in [-0.2, -0.15) is 13.1 Å². The molecule has 0 saturated carbocycles. The number of halogens is 3. The Morgan fingerprint density at radius 3 is 2.66 bits per heavy atom. The van der Waals surface area contributed by atoms with Crippen LogP contribution in [0.15, 0.2) is 63.9 Å². The number of rotatable bonds is 11. The molecule has 0 bridgehead atoms. The fourth-order valence-corrected chi connectivity index (χ4v) is 5.19. The van der Waals surface area contributed by atoms with Crippen molar-refractivity contribution < 1.29 is 31.1 Å². The first-order valence-electron chi connectivity index (χ1n) is 11.2. The molecule has 0 fully saturated rings. The van der Waals surface area contributed by atoms with Gasteiger partial charge in [0.05, 0.1) is 12.3 Å². The lowest BCUT2D eigenvalue weighted by atomic mass is 9.99. The van der Waals surface area contributed by atoms with E-state index in [4.69, 9.17) is 13.9 Å². The van der Waals surface area contributed by atoms with E-state index < -0.39 is 27.5 Å². The van der Waals surface area contributed by atoms with Crippen LogP contribution < -0.4 is 19.8 Å². The van der Waals surface area contributed by atoms with Crippen LogP contribution >= 0.6 is 15.9 Å². The lowest BCUT2D eigenvalue weighted by Gasteiger charge is -2.14. The third-order valence-electron chi connectivity index (χ3n) is 5.45. The SMILES string of the molecule is COCCNS(=O)(=O)Nc1cccc(Cc2c(CBr)c3ccc(Oc4ncccc4F)cc3oc2=O)c1F. The van der Waals surface area contributed by atoms with Crippen LogP contribution in [0.5, 0.6) is 11.6 Å². The topological polar surface area (TPSA) is 120 Å². The van der Waals surface area contributed by atoms with Crippen molar-refractivity contribution in [1.29, 1.82) is 0 Å². The number of nitrogens with one attached hydrogen (secondary N) is 2. The van der Waals surface area contributed by atoms with Gasteiger partial charge in [-0.1, -0.05) is 28.1 Å². The van der Waals surface area contributed by atoms with Crippen LogP contribution in [0.25, 0.3) is 11.0 Å². The van der Waals surface area contributed by atoms with E-state index in [0.717, 1.165) is 0 Å². The predicted octanol–water partition coefficient (Wildman–Crippen LogP) is 4.64. The zero-order valence-electron chi connectivity index (χ0n) is 20.0. The number of hydrogen-bond donors (Lipinski definition) is 2. The minimum atomic E-state index is -4.05. The van der Waals surface area contributed by atoms with Crippen molar-refractivity contribution in [3.63, 3.8) is 0 Å². The highest BCUT2D eigenvalue weighted by Crippen LogP contribution is 2.30. The summed E-state index contributed by atoms with van der Waals surface area (Å²) < 4.78 is 73.8. The summed E-state index contributed by atoms with van der Waals surface area (Å²) in [6.07, 6.45) is 1.22. The van der Waals surface area contributed by atoms with Crippen LogP contribution in [-0.4, -0.2) is 33.7 Å². The zero-order valence-corrected chi connectivity index (χ0v) is 22.4. The molecule has 0 radical (unpaired) electrons. The standard InChI is InChI=1S/C25H22BrF2N3O6S/c1-35-11-10-30-38(33,34)31-21-6-2-4-15(23(21)28)12-18-19(14-26)17-8-7-16(13-22(17)37-25(18)32)36-24-20(27)5-3-9-29-24/h2-9,13,30-31H,10-12,14H2,1H3. The van der Waals surface area contributed by atoms with E-state index in [1.54, 1.807) is 12.1 Å². The lowest BCUT2D eigenvalue weighted by Crippen LogP contribution is -2.33. The van der Waals surface area contributed by atoms with Gasteiger partial charge >= 0.3 is 5.63 Å². The molecular weight excluding hydrogens is 588 g/mol. The molecule has 0 amide bonds. The van der Waals surface area contributed by atoms with Crippen molar-refractivity contribution >= 4 is 42.8 Å². The minimum absolute atomic E-state index is 0.00342. The Bertz CT molecular complexity index is 1630. The molecule has 0 aliphatic heterocycles. The molecule has 2 aromatic heterocycles. The van der Waals surface area contributed by atoms with Crippen molar-refractivity contribution in [3.8, 4) is 11.6 Å². The molecule has 0 unspecified atom stereocenters. The molecular formula is C25H22BrF2N3O6S. The number of pyridine rings is 1. The first kappa shape index (κ1) is 27.6. The van der Waals surface area contributed by atoms with Crippen LogP contribution in [0.2, 0.25) is 0 Å². The fraction of sp³-hybridized carbons (Fsp3) is 0.200. The third kappa shape index (κ3) is 6.35. The van der Waals surface area contributed by atoms with Crippen molar-refractivity contribution in [2.75, 3.05) is 25.0 Å². The van der Waals surface area contributed by atoms with E-state index in [1.807, 2.05) is 0 Å². The number of aromatic nitrogens is 1. The first-order chi connectivity index (χ1) is 18.2. The normalized spacial score (nSPS) is 11.6. The number of methoxy groups -OCH3 is 1. The summed E-state index contributed by atoms with van der Waals surface area (Å²) in [5, 5.41) is 0.807. The highest BCUT2D eigenvalue weighted by Gasteiger charge is 2.20. The Morgan fingerprint density at radius 2 is 1.92 bits per heavy atom. The Morgan fingerprint density at radius 1 is 1.11 bits per heavy atom. The quantitative estimate of drug-likeness (QED) is 0.144. The molecule has 0 spiro atoms. The maximum Gasteiger partial charge on any atom is 0.340 e. The van der Waals surface area contributed by atoms with Crippen LogP contribution in [0, 0.1) is 11.6 Å². The molecule has 13 heteroatoms. The molecule has 4 rings (SSSR count). The summed E-state index contributed by atoms with van der Waals surface area (Å²) in [6.45, 7) is 0.146. The molecule has 2 aromatic carbocycles. The van der Waals surface area contributed by atoms with Gasteiger partial charge in [-0.3, -0.25) is 4.72 Å². The number of fused-ring (bicyclic) bond motifs is 1. The molecule has 0 atom stereocenters.